The Balaban J connectivity index is 1.35. The van der Waals surface area contributed by atoms with E-state index < -0.39 is 6.10 Å². The van der Waals surface area contributed by atoms with E-state index in [1.807, 2.05) is 41.3 Å². The van der Waals surface area contributed by atoms with Crippen LogP contribution in [0.3, 0.4) is 0 Å². The Morgan fingerprint density at radius 1 is 1.00 bits per heavy atom. The van der Waals surface area contributed by atoms with E-state index in [0.717, 1.165) is 17.1 Å². The molecule has 30 heavy (non-hydrogen) atoms. The van der Waals surface area contributed by atoms with Crippen LogP contribution in [-0.4, -0.2) is 53.1 Å². The largest absolute Gasteiger partial charge is 0.481 e. The van der Waals surface area contributed by atoms with Crippen molar-refractivity contribution in [2.45, 2.75) is 13.0 Å². The molecule has 154 valence electrons. The number of amides is 1. The molecule has 3 aromatic rings. The molecule has 1 aromatic heterocycles. The third kappa shape index (κ3) is 4.71. The van der Waals surface area contributed by atoms with Gasteiger partial charge < -0.3 is 14.5 Å². The molecular formula is C23H23ClN4O2. The van der Waals surface area contributed by atoms with Gasteiger partial charge in [0.25, 0.3) is 5.91 Å². The van der Waals surface area contributed by atoms with Crippen LogP contribution >= 0.6 is 11.6 Å². The Kier molecular flexibility index (Phi) is 6.14. The highest BCUT2D eigenvalue weighted by Gasteiger charge is 2.26. The maximum Gasteiger partial charge on any atom is 0.263 e. The first-order chi connectivity index (χ1) is 14.6. The number of hydrogen-bond acceptors (Lipinski definition) is 5. The normalized spacial score (nSPS) is 15.0. The third-order valence-corrected chi connectivity index (χ3v) is 5.36. The molecule has 1 fully saturated rings. The number of rotatable bonds is 5. The molecule has 0 aliphatic carbocycles. The van der Waals surface area contributed by atoms with Crippen LogP contribution < -0.4 is 9.64 Å². The van der Waals surface area contributed by atoms with Crippen LogP contribution in [0.2, 0.25) is 5.02 Å². The minimum atomic E-state index is -0.554. The van der Waals surface area contributed by atoms with Crippen LogP contribution in [-0.2, 0) is 4.79 Å². The number of halogens is 1. The molecule has 6 nitrogen and oxygen atoms in total. The van der Waals surface area contributed by atoms with Crippen molar-refractivity contribution in [1.29, 1.82) is 0 Å². The van der Waals surface area contributed by atoms with Crippen LogP contribution in [0.25, 0.3) is 11.3 Å². The van der Waals surface area contributed by atoms with Gasteiger partial charge >= 0.3 is 0 Å². The van der Waals surface area contributed by atoms with Crippen molar-refractivity contribution >= 4 is 23.3 Å². The molecule has 0 N–H and O–H groups in total. The van der Waals surface area contributed by atoms with Gasteiger partial charge in [-0.05, 0) is 31.2 Å². The molecule has 0 spiro atoms. The molecule has 1 unspecified atom stereocenters. The van der Waals surface area contributed by atoms with Gasteiger partial charge in [-0.25, -0.2) is 9.97 Å². The Morgan fingerprint density at radius 2 is 1.70 bits per heavy atom. The van der Waals surface area contributed by atoms with Crippen LogP contribution in [0.1, 0.15) is 6.92 Å². The monoisotopic (exact) mass is 422 g/mol. The number of nitrogens with zero attached hydrogens (tertiary/aromatic N) is 4. The van der Waals surface area contributed by atoms with Crippen molar-refractivity contribution in [3.05, 3.63) is 72.0 Å². The first-order valence-electron chi connectivity index (χ1n) is 9.93. The van der Waals surface area contributed by atoms with Crippen LogP contribution in [0.5, 0.6) is 5.75 Å². The highest BCUT2D eigenvalue weighted by Crippen LogP contribution is 2.22. The van der Waals surface area contributed by atoms with Gasteiger partial charge in [0.05, 0.1) is 5.69 Å². The van der Waals surface area contributed by atoms with E-state index in [2.05, 4.69) is 14.9 Å². The summed E-state index contributed by atoms with van der Waals surface area (Å²) in [6, 6.07) is 19.1. The van der Waals surface area contributed by atoms with Crippen molar-refractivity contribution in [2.75, 3.05) is 31.1 Å². The molecule has 1 aliphatic heterocycles. The second-order valence-electron chi connectivity index (χ2n) is 7.15. The van der Waals surface area contributed by atoms with E-state index in [0.29, 0.717) is 37.0 Å². The number of anilines is 1. The summed E-state index contributed by atoms with van der Waals surface area (Å²) in [5, 5.41) is 0.637. The topological polar surface area (TPSA) is 58.6 Å². The standard InChI is InChI=1S/C23H23ClN4O2/c1-17(30-20-9-7-19(24)8-10-20)23(29)28-13-11-27(12-14-28)22-15-21(25-16-26-22)18-5-3-2-4-6-18/h2-10,15-17H,11-14H2,1H3. The van der Waals surface area contributed by atoms with Gasteiger partial charge in [0.15, 0.2) is 6.10 Å². The molecule has 0 bridgehead atoms. The summed E-state index contributed by atoms with van der Waals surface area (Å²) < 4.78 is 5.78. The van der Waals surface area contributed by atoms with Gasteiger partial charge in [0.1, 0.15) is 17.9 Å². The van der Waals surface area contributed by atoms with Gasteiger partial charge in [0.2, 0.25) is 0 Å². The minimum absolute atomic E-state index is 0.0164. The summed E-state index contributed by atoms with van der Waals surface area (Å²) in [5.74, 6) is 1.49. The molecule has 1 saturated heterocycles. The van der Waals surface area contributed by atoms with Gasteiger partial charge in [-0.15, -0.1) is 0 Å². The van der Waals surface area contributed by atoms with Gasteiger partial charge in [-0.1, -0.05) is 41.9 Å². The Labute approximate surface area is 181 Å². The highest BCUT2D eigenvalue weighted by atomic mass is 35.5. The summed E-state index contributed by atoms with van der Waals surface area (Å²) in [4.78, 5) is 25.6. The van der Waals surface area contributed by atoms with Crippen molar-refractivity contribution in [3.63, 3.8) is 0 Å². The molecule has 1 aliphatic rings. The lowest BCUT2D eigenvalue weighted by Crippen LogP contribution is -2.52. The molecule has 1 atom stereocenters. The lowest BCUT2D eigenvalue weighted by molar-refractivity contribution is -0.138. The van der Waals surface area contributed by atoms with E-state index in [9.17, 15) is 4.79 Å². The zero-order valence-electron chi connectivity index (χ0n) is 16.7. The quantitative estimate of drug-likeness (QED) is 0.623. The van der Waals surface area contributed by atoms with E-state index >= 15 is 0 Å². The van der Waals surface area contributed by atoms with Crippen LogP contribution in [0.15, 0.2) is 67.0 Å². The van der Waals surface area contributed by atoms with Gasteiger partial charge in [-0.2, -0.15) is 0 Å². The average molecular weight is 423 g/mol. The zero-order valence-corrected chi connectivity index (χ0v) is 17.5. The average Bonchev–Trinajstić information content (AvgIpc) is 2.81. The fourth-order valence-corrected chi connectivity index (χ4v) is 3.59. The molecule has 1 amide bonds. The molecule has 4 rings (SSSR count). The Morgan fingerprint density at radius 3 is 2.40 bits per heavy atom. The van der Waals surface area contributed by atoms with Crippen molar-refractivity contribution in [3.8, 4) is 17.0 Å². The number of aromatic nitrogens is 2. The second-order valence-corrected chi connectivity index (χ2v) is 7.59. The summed E-state index contributed by atoms with van der Waals surface area (Å²) in [7, 11) is 0. The van der Waals surface area contributed by atoms with Gasteiger partial charge in [0, 0.05) is 42.8 Å². The first-order valence-corrected chi connectivity index (χ1v) is 10.3. The second kappa shape index (κ2) is 9.13. The SMILES string of the molecule is CC(Oc1ccc(Cl)cc1)C(=O)N1CCN(c2cc(-c3ccccc3)ncn2)CC1. The lowest BCUT2D eigenvalue weighted by Gasteiger charge is -2.36. The van der Waals surface area contributed by atoms with Crippen LogP contribution in [0, 0.1) is 0 Å². The molecular weight excluding hydrogens is 400 g/mol. The predicted molar refractivity (Wildman–Crippen MR) is 118 cm³/mol. The maximum absolute atomic E-state index is 12.8. The summed E-state index contributed by atoms with van der Waals surface area (Å²) >= 11 is 5.90. The number of benzene rings is 2. The van der Waals surface area contributed by atoms with Crippen molar-refractivity contribution < 1.29 is 9.53 Å². The number of carbonyl (C=O) groups is 1. The molecule has 7 heteroatoms. The number of ether oxygens (including phenoxy) is 1. The van der Waals surface area contributed by atoms with E-state index in [-0.39, 0.29) is 5.91 Å². The predicted octanol–water partition coefficient (Wildman–Crippen LogP) is 3.91. The smallest absolute Gasteiger partial charge is 0.263 e. The lowest BCUT2D eigenvalue weighted by atomic mass is 10.1. The number of hydrogen-bond donors (Lipinski definition) is 0. The van der Waals surface area contributed by atoms with E-state index in [1.54, 1.807) is 37.5 Å². The first kappa shape index (κ1) is 20.2. The third-order valence-electron chi connectivity index (χ3n) is 5.11. The summed E-state index contributed by atoms with van der Waals surface area (Å²) in [6.07, 6.45) is 1.04. The maximum atomic E-state index is 12.8. The molecule has 0 saturated carbocycles. The van der Waals surface area contributed by atoms with Crippen molar-refractivity contribution in [1.82, 2.24) is 14.9 Å². The molecule has 2 aromatic carbocycles. The van der Waals surface area contributed by atoms with Crippen LogP contribution in [0.4, 0.5) is 5.82 Å². The van der Waals surface area contributed by atoms with E-state index in [1.165, 1.54) is 0 Å². The Bertz CT molecular complexity index is 990. The fraction of sp³-hybridized carbons (Fsp3) is 0.261. The Hall–Kier alpha value is -3.12. The molecule has 0 radical (unpaired) electrons. The number of carbonyl (C=O) groups excluding carboxylic acids is 1. The fourth-order valence-electron chi connectivity index (χ4n) is 3.47. The summed E-state index contributed by atoms with van der Waals surface area (Å²) in [6.45, 7) is 4.45. The zero-order chi connectivity index (χ0) is 20.9. The highest BCUT2D eigenvalue weighted by molar-refractivity contribution is 6.30. The number of piperazine rings is 1. The van der Waals surface area contributed by atoms with E-state index in [4.69, 9.17) is 16.3 Å². The minimum Gasteiger partial charge on any atom is -0.481 e. The van der Waals surface area contributed by atoms with Crippen molar-refractivity contribution in [2.24, 2.45) is 0 Å². The summed E-state index contributed by atoms with van der Waals surface area (Å²) in [5.41, 5.74) is 1.95. The van der Waals surface area contributed by atoms with Gasteiger partial charge in [-0.3, -0.25) is 4.79 Å². The molecule has 2 heterocycles.